The van der Waals surface area contributed by atoms with Crippen LogP contribution < -0.4 is 10.1 Å². The lowest BCUT2D eigenvalue weighted by molar-refractivity contribution is -0.131. The molecule has 1 saturated carbocycles. The van der Waals surface area contributed by atoms with Crippen molar-refractivity contribution in [1.29, 1.82) is 0 Å². The Balaban J connectivity index is 1.31. The van der Waals surface area contributed by atoms with E-state index in [0.717, 1.165) is 42.8 Å². The van der Waals surface area contributed by atoms with Crippen molar-refractivity contribution in [1.82, 2.24) is 14.7 Å². The van der Waals surface area contributed by atoms with Gasteiger partial charge in [0.1, 0.15) is 11.6 Å². The molecule has 0 unspecified atom stereocenters. The van der Waals surface area contributed by atoms with Gasteiger partial charge in [-0.25, -0.2) is 4.68 Å². The van der Waals surface area contributed by atoms with Crippen molar-refractivity contribution in [3.8, 4) is 5.75 Å². The highest BCUT2D eigenvalue weighted by Gasteiger charge is 2.31. The quantitative estimate of drug-likeness (QED) is 0.833. The predicted molar refractivity (Wildman–Crippen MR) is 105 cm³/mol. The molecule has 0 atom stereocenters. The van der Waals surface area contributed by atoms with Gasteiger partial charge in [-0.3, -0.25) is 9.59 Å². The number of benzene rings is 1. The fraction of sp³-hybridized carbons (Fsp3) is 0.476. The van der Waals surface area contributed by atoms with Gasteiger partial charge in [-0.1, -0.05) is 12.1 Å². The number of amides is 2. The number of methoxy groups -OCH3 is 1. The maximum absolute atomic E-state index is 12.6. The number of piperidine rings is 1. The molecule has 2 aliphatic rings. The van der Waals surface area contributed by atoms with Crippen LogP contribution in [0.1, 0.15) is 37.3 Å². The minimum Gasteiger partial charge on any atom is -0.497 e. The summed E-state index contributed by atoms with van der Waals surface area (Å²) in [6.07, 6.45) is 5.76. The molecule has 2 aromatic rings. The lowest BCUT2D eigenvalue weighted by Gasteiger charge is -2.33. The second-order valence-corrected chi connectivity index (χ2v) is 7.56. The molecule has 0 spiro atoms. The van der Waals surface area contributed by atoms with Gasteiger partial charge in [0, 0.05) is 25.1 Å². The first-order valence-electron chi connectivity index (χ1n) is 9.89. The van der Waals surface area contributed by atoms with Crippen molar-refractivity contribution >= 4 is 17.6 Å². The minimum atomic E-state index is 0.0915. The van der Waals surface area contributed by atoms with E-state index >= 15 is 0 Å². The topological polar surface area (TPSA) is 76.5 Å². The summed E-state index contributed by atoms with van der Waals surface area (Å²) in [5, 5.41) is 7.41. The Morgan fingerprint density at radius 2 is 1.82 bits per heavy atom. The molecule has 1 saturated heterocycles. The number of aromatic nitrogens is 2. The Bertz CT molecular complexity index is 834. The third-order valence-electron chi connectivity index (χ3n) is 5.55. The van der Waals surface area contributed by atoms with Crippen molar-refractivity contribution in [2.75, 3.05) is 25.5 Å². The monoisotopic (exact) mass is 382 g/mol. The van der Waals surface area contributed by atoms with E-state index in [9.17, 15) is 9.59 Å². The van der Waals surface area contributed by atoms with Crippen molar-refractivity contribution in [2.24, 2.45) is 5.92 Å². The van der Waals surface area contributed by atoms with Crippen molar-refractivity contribution in [3.05, 3.63) is 42.1 Å². The molecule has 0 radical (unpaired) electrons. The number of hydrogen-bond donors (Lipinski definition) is 1. The van der Waals surface area contributed by atoms with Crippen LogP contribution in [0.4, 0.5) is 5.82 Å². The van der Waals surface area contributed by atoms with Crippen LogP contribution in [0, 0.1) is 5.92 Å². The zero-order chi connectivity index (χ0) is 19.5. The fourth-order valence-corrected chi connectivity index (χ4v) is 3.67. The second-order valence-electron chi connectivity index (χ2n) is 7.56. The molecule has 1 aliphatic carbocycles. The average molecular weight is 382 g/mol. The first kappa shape index (κ1) is 18.5. The average Bonchev–Trinajstić information content (AvgIpc) is 3.48. The van der Waals surface area contributed by atoms with Crippen LogP contribution in [0.15, 0.2) is 36.5 Å². The lowest BCUT2D eigenvalue weighted by Crippen LogP contribution is -2.40. The van der Waals surface area contributed by atoms with Crippen LogP contribution >= 0.6 is 0 Å². The standard InChI is InChI=1S/C21H26N4O3/c1-28-18-6-2-15(3-7-18)14-20(26)24-12-9-17(10-13-24)25-19(8-11-22-25)23-21(27)16-4-5-16/h2-3,6-8,11,16-17H,4-5,9-10,12-14H2,1H3,(H,23,27). The van der Waals surface area contributed by atoms with Crippen LogP contribution in [0.25, 0.3) is 0 Å². The molecule has 2 fully saturated rings. The Morgan fingerprint density at radius 1 is 1.11 bits per heavy atom. The van der Waals surface area contributed by atoms with Gasteiger partial charge >= 0.3 is 0 Å². The highest BCUT2D eigenvalue weighted by Crippen LogP contribution is 2.31. The van der Waals surface area contributed by atoms with Gasteiger partial charge in [-0.15, -0.1) is 0 Å². The zero-order valence-electron chi connectivity index (χ0n) is 16.1. The third kappa shape index (κ3) is 4.18. The van der Waals surface area contributed by atoms with Crippen LogP contribution in [-0.2, 0) is 16.0 Å². The van der Waals surface area contributed by atoms with Gasteiger partial charge in [0.25, 0.3) is 0 Å². The number of ether oxygens (including phenoxy) is 1. The van der Waals surface area contributed by atoms with Crippen LogP contribution in [0.2, 0.25) is 0 Å². The molecular formula is C21H26N4O3. The van der Waals surface area contributed by atoms with E-state index in [0.29, 0.717) is 19.5 Å². The molecule has 1 aromatic heterocycles. The van der Waals surface area contributed by atoms with Crippen LogP contribution in [0.3, 0.4) is 0 Å². The smallest absolute Gasteiger partial charge is 0.228 e. The van der Waals surface area contributed by atoms with E-state index in [4.69, 9.17) is 4.74 Å². The van der Waals surface area contributed by atoms with Gasteiger partial charge in [0.2, 0.25) is 11.8 Å². The Labute approximate surface area is 164 Å². The number of nitrogens with one attached hydrogen (secondary N) is 1. The molecule has 2 amide bonds. The molecule has 1 aliphatic heterocycles. The number of rotatable bonds is 6. The zero-order valence-corrected chi connectivity index (χ0v) is 16.1. The normalized spacial score (nSPS) is 17.4. The molecule has 0 bridgehead atoms. The summed E-state index contributed by atoms with van der Waals surface area (Å²) >= 11 is 0. The Hall–Kier alpha value is -2.83. The number of nitrogens with zero attached hydrogens (tertiary/aromatic N) is 3. The molecule has 7 heteroatoms. The highest BCUT2D eigenvalue weighted by molar-refractivity contribution is 5.93. The van der Waals surface area contributed by atoms with E-state index in [-0.39, 0.29) is 23.8 Å². The van der Waals surface area contributed by atoms with Gasteiger partial charge in [-0.05, 0) is 43.4 Å². The number of carbonyl (C=O) groups is 2. The van der Waals surface area contributed by atoms with Gasteiger partial charge in [0.15, 0.2) is 0 Å². The predicted octanol–water partition coefficient (Wildman–Crippen LogP) is 2.65. The maximum Gasteiger partial charge on any atom is 0.228 e. The number of hydrogen-bond acceptors (Lipinski definition) is 4. The summed E-state index contributed by atoms with van der Waals surface area (Å²) in [6, 6.07) is 9.68. The summed E-state index contributed by atoms with van der Waals surface area (Å²) in [6.45, 7) is 1.41. The van der Waals surface area contributed by atoms with Gasteiger partial charge in [0.05, 0.1) is 25.8 Å². The van der Waals surface area contributed by atoms with Crippen LogP contribution in [-0.4, -0.2) is 46.7 Å². The Kier molecular flexibility index (Phi) is 5.32. The number of carbonyl (C=O) groups excluding carboxylic acids is 2. The van der Waals surface area contributed by atoms with E-state index in [1.54, 1.807) is 13.3 Å². The lowest BCUT2D eigenvalue weighted by atomic mass is 10.0. The second kappa shape index (κ2) is 8.04. The van der Waals surface area contributed by atoms with E-state index in [2.05, 4.69) is 10.4 Å². The van der Waals surface area contributed by atoms with Gasteiger partial charge in [-0.2, -0.15) is 5.10 Å². The summed E-state index contributed by atoms with van der Waals surface area (Å²) in [7, 11) is 1.63. The largest absolute Gasteiger partial charge is 0.497 e. The fourth-order valence-electron chi connectivity index (χ4n) is 3.67. The minimum absolute atomic E-state index is 0.0915. The van der Waals surface area contributed by atoms with E-state index in [1.165, 1.54) is 0 Å². The van der Waals surface area contributed by atoms with Gasteiger partial charge < -0.3 is 15.0 Å². The molecule has 4 rings (SSSR count). The molecule has 1 N–H and O–H groups in total. The summed E-state index contributed by atoms with van der Waals surface area (Å²) in [5.41, 5.74) is 0.991. The third-order valence-corrected chi connectivity index (χ3v) is 5.55. The molecule has 2 heterocycles. The molecule has 1 aromatic carbocycles. The highest BCUT2D eigenvalue weighted by atomic mass is 16.5. The van der Waals surface area contributed by atoms with Crippen molar-refractivity contribution in [2.45, 2.75) is 38.1 Å². The Morgan fingerprint density at radius 3 is 2.46 bits per heavy atom. The first-order valence-corrected chi connectivity index (χ1v) is 9.89. The first-order chi connectivity index (χ1) is 13.6. The number of likely N-dealkylation sites (tertiary alicyclic amines) is 1. The molecule has 7 nitrogen and oxygen atoms in total. The maximum atomic E-state index is 12.6. The summed E-state index contributed by atoms with van der Waals surface area (Å²) in [4.78, 5) is 26.6. The SMILES string of the molecule is COc1ccc(CC(=O)N2CCC(n3nccc3NC(=O)C3CC3)CC2)cc1. The summed E-state index contributed by atoms with van der Waals surface area (Å²) < 4.78 is 7.07. The number of anilines is 1. The molecule has 28 heavy (non-hydrogen) atoms. The van der Waals surface area contributed by atoms with Crippen molar-refractivity contribution < 1.29 is 14.3 Å². The van der Waals surface area contributed by atoms with E-state index in [1.807, 2.05) is 39.9 Å². The van der Waals surface area contributed by atoms with Crippen LogP contribution in [0.5, 0.6) is 5.75 Å². The molecule has 148 valence electrons. The molecular weight excluding hydrogens is 356 g/mol. The summed E-state index contributed by atoms with van der Waals surface area (Å²) in [5.74, 6) is 1.96. The van der Waals surface area contributed by atoms with E-state index < -0.39 is 0 Å². The van der Waals surface area contributed by atoms with Crippen molar-refractivity contribution in [3.63, 3.8) is 0 Å².